The highest BCUT2D eigenvalue weighted by atomic mass is 19.4. The summed E-state index contributed by atoms with van der Waals surface area (Å²) in [4.78, 5) is 13.1. The van der Waals surface area contributed by atoms with Gasteiger partial charge in [0.15, 0.2) is 5.82 Å². The van der Waals surface area contributed by atoms with E-state index in [1.807, 2.05) is 26.0 Å². The number of ether oxygens (including phenoxy) is 3. The Balaban J connectivity index is 0.000000228. The number of aromatic nitrogens is 2. The fourth-order valence-electron chi connectivity index (χ4n) is 4.54. The number of alkyl halides is 3. The molecule has 2 aliphatic heterocycles. The molecule has 2 aromatic rings. The summed E-state index contributed by atoms with van der Waals surface area (Å²) in [5.74, 6) is 2.34. The van der Waals surface area contributed by atoms with Gasteiger partial charge in [-0.3, -0.25) is 0 Å². The van der Waals surface area contributed by atoms with Gasteiger partial charge in [-0.25, -0.2) is 9.97 Å². The molecule has 0 aromatic carbocycles. The van der Waals surface area contributed by atoms with Crippen LogP contribution in [0.5, 0.6) is 0 Å². The van der Waals surface area contributed by atoms with Gasteiger partial charge in [-0.15, -0.1) is 0 Å². The predicted octanol–water partition coefficient (Wildman–Crippen LogP) is 3.59. The molecule has 230 valence electrons. The molecule has 2 aromatic heterocycles. The molecule has 0 aliphatic carbocycles. The molecule has 2 saturated heterocycles. The zero-order valence-electron chi connectivity index (χ0n) is 24.2. The van der Waals surface area contributed by atoms with E-state index in [0.717, 1.165) is 32.1 Å². The summed E-state index contributed by atoms with van der Waals surface area (Å²) in [7, 11) is 1.68. The Kier molecular flexibility index (Phi) is 11.9. The third-order valence-electron chi connectivity index (χ3n) is 6.57. The Morgan fingerprint density at radius 1 is 1.02 bits per heavy atom. The normalized spacial score (nSPS) is 19.1. The van der Waals surface area contributed by atoms with Crippen LogP contribution in [0.4, 0.5) is 47.7 Å². The first-order valence-electron chi connectivity index (χ1n) is 13.7. The SMILES string of the molecule is CC(CC(F)(F)F)Nc1cc(N2CCOC[C@@H]2C)ncc1N.COCC(C)Nc1nc(N2CCOCC2)ccc1N. The average molecular weight is 585 g/mol. The van der Waals surface area contributed by atoms with Gasteiger partial charge in [0.2, 0.25) is 0 Å². The Bertz CT molecular complexity index is 1090. The second-order valence-corrected chi connectivity index (χ2v) is 10.3. The summed E-state index contributed by atoms with van der Waals surface area (Å²) in [5, 5.41) is 6.09. The number of rotatable bonds is 9. The maximum atomic E-state index is 12.4. The molecule has 0 saturated carbocycles. The minimum absolute atomic E-state index is 0.158. The molecule has 2 fully saturated rings. The third kappa shape index (κ3) is 10.3. The van der Waals surface area contributed by atoms with Crippen molar-refractivity contribution in [1.29, 1.82) is 0 Å². The van der Waals surface area contributed by atoms with Crippen molar-refractivity contribution in [3.05, 3.63) is 24.4 Å². The lowest BCUT2D eigenvalue weighted by Crippen LogP contribution is -2.44. The number of nitrogens with zero attached hydrogens (tertiary/aromatic N) is 4. The van der Waals surface area contributed by atoms with E-state index in [1.54, 1.807) is 13.2 Å². The number of nitrogen functional groups attached to an aromatic ring is 2. The molecule has 0 amide bonds. The maximum Gasteiger partial charge on any atom is 0.391 e. The van der Waals surface area contributed by atoms with Crippen LogP contribution >= 0.6 is 0 Å². The number of halogens is 3. The number of anilines is 6. The van der Waals surface area contributed by atoms with Gasteiger partial charge >= 0.3 is 6.18 Å². The average Bonchev–Trinajstić information content (AvgIpc) is 2.91. The summed E-state index contributed by atoms with van der Waals surface area (Å²) in [6, 6.07) is 5.10. The number of morpholine rings is 2. The van der Waals surface area contributed by atoms with Crippen LogP contribution in [-0.4, -0.2) is 94.0 Å². The summed E-state index contributed by atoms with van der Waals surface area (Å²) >= 11 is 0. The molecule has 41 heavy (non-hydrogen) atoms. The van der Waals surface area contributed by atoms with E-state index < -0.39 is 18.6 Å². The van der Waals surface area contributed by atoms with E-state index in [-0.39, 0.29) is 12.1 Å². The molecule has 3 atom stereocenters. The van der Waals surface area contributed by atoms with Crippen molar-refractivity contribution < 1.29 is 27.4 Å². The van der Waals surface area contributed by atoms with E-state index in [9.17, 15) is 13.2 Å². The van der Waals surface area contributed by atoms with Gasteiger partial charge in [0.05, 0.1) is 68.8 Å². The molecule has 2 unspecified atom stereocenters. The first kappa shape index (κ1) is 32.3. The van der Waals surface area contributed by atoms with Crippen LogP contribution in [0.2, 0.25) is 0 Å². The Labute approximate surface area is 239 Å². The molecule has 0 radical (unpaired) electrons. The molecular weight excluding hydrogens is 541 g/mol. The van der Waals surface area contributed by atoms with Crippen molar-refractivity contribution in [2.75, 3.05) is 91.7 Å². The van der Waals surface area contributed by atoms with Gasteiger partial charge in [0, 0.05) is 44.9 Å². The molecule has 0 spiro atoms. The zero-order chi connectivity index (χ0) is 30.0. The fourth-order valence-corrected chi connectivity index (χ4v) is 4.54. The maximum absolute atomic E-state index is 12.4. The van der Waals surface area contributed by atoms with Crippen molar-refractivity contribution >= 4 is 34.5 Å². The van der Waals surface area contributed by atoms with Crippen molar-refractivity contribution in [2.24, 2.45) is 0 Å². The van der Waals surface area contributed by atoms with Crippen molar-refractivity contribution in [3.8, 4) is 0 Å². The molecule has 4 heterocycles. The minimum Gasteiger partial charge on any atom is -0.396 e. The van der Waals surface area contributed by atoms with Gasteiger partial charge in [-0.1, -0.05) is 0 Å². The van der Waals surface area contributed by atoms with Gasteiger partial charge in [0.25, 0.3) is 0 Å². The fraction of sp³-hybridized carbons (Fsp3) is 0.630. The van der Waals surface area contributed by atoms with E-state index >= 15 is 0 Å². The van der Waals surface area contributed by atoms with Crippen LogP contribution in [0, 0.1) is 0 Å². The lowest BCUT2D eigenvalue weighted by Gasteiger charge is -2.34. The van der Waals surface area contributed by atoms with Crippen molar-refractivity contribution in [3.63, 3.8) is 0 Å². The van der Waals surface area contributed by atoms with Gasteiger partial charge in [-0.05, 0) is 32.9 Å². The number of nitrogens with one attached hydrogen (secondary N) is 2. The number of hydrogen-bond acceptors (Lipinski definition) is 11. The highest BCUT2D eigenvalue weighted by molar-refractivity contribution is 5.69. The molecule has 4 rings (SSSR count). The second kappa shape index (κ2) is 15.1. The Morgan fingerprint density at radius 2 is 1.73 bits per heavy atom. The summed E-state index contributed by atoms with van der Waals surface area (Å²) in [6.45, 7) is 11.2. The van der Waals surface area contributed by atoms with Gasteiger partial charge < -0.3 is 46.1 Å². The summed E-state index contributed by atoms with van der Waals surface area (Å²) in [6.07, 6.45) is -3.66. The molecular formula is C27H43F3N8O3. The molecule has 2 aliphatic rings. The standard InChI is InChI=1S/C14H21F3N4O.C13H22N4O2/c1-9(6-14(15,16)17)20-12-5-13(19-7-11(12)18)21-3-4-22-8-10(21)2;1-10(9-18-2)15-13-11(14)3-4-12(16-13)17-5-7-19-8-6-17/h5,7,9-10H,3-4,6,8,18H2,1-2H3,(H,19,20);3-4,10H,5-9,14H2,1-2H3,(H,15,16)/t9?,10-;/m0./s1. The smallest absolute Gasteiger partial charge is 0.391 e. The molecule has 14 heteroatoms. The van der Waals surface area contributed by atoms with Crippen LogP contribution < -0.4 is 31.9 Å². The zero-order valence-corrected chi connectivity index (χ0v) is 24.2. The highest BCUT2D eigenvalue weighted by Crippen LogP contribution is 2.28. The van der Waals surface area contributed by atoms with Gasteiger partial charge in [-0.2, -0.15) is 13.2 Å². The lowest BCUT2D eigenvalue weighted by molar-refractivity contribution is -0.136. The first-order valence-corrected chi connectivity index (χ1v) is 13.7. The summed E-state index contributed by atoms with van der Waals surface area (Å²) < 4.78 is 53.1. The Hall–Kier alpha value is -3.23. The topological polar surface area (TPSA) is 136 Å². The quantitative estimate of drug-likeness (QED) is 0.344. The number of hydrogen-bond donors (Lipinski definition) is 4. The predicted molar refractivity (Wildman–Crippen MR) is 157 cm³/mol. The largest absolute Gasteiger partial charge is 0.396 e. The van der Waals surface area contributed by atoms with E-state index in [0.29, 0.717) is 55.1 Å². The van der Waals surface area contributed by atoms with Crippen LogP contribution in [0.15, 0.2) is 24.4 Å². The van der Waals surface area contributed by atoms with Crippen LogP contribution in [0.25, 0.3) is 0 Å². The lowest BCUT2D eigenvalue weighted by atomic mass is 10.2. The molecule has 11 nitrogen and oxygen atoms in total. The van der Waals surface area contributed by atoms with Crippen LogP contribution in [0.3, 0.4) is 0 Å². The molecule has 0 bridgehead atoms. The summed E-state index contributed by atoms with van der Waals surface area (Å²) in [5.41, 5.74) is 13.2. The second-order valence-electron chi connectivity index (χ2n) is 10.3. The van der Waals surface area contributed by atoms with E-state index in [1.165, 1.54) is 13.1 Å². The number of methoxy groups -OCH3 is 1. The van der Waals surface area contributed by atoms with Crippen molar-refractivity contribution in [2.45, 2.75) is 51.5 Å². The third-order valence-corrected chi connectivity index (χ3v) is 6.57. The van der Waals surface area contributed by atoms with Crippen LogP contribution in [-0.2, 0) is 14.2 Å². The van der Waals surface area contributed by atoms with Crippen molar-refractivity contribution in [1.82, 2.24) is 9.97 Å². The van der Waals surface area contributed by atoms with Crippen LogP contribution in [0.1, 0.15) is 27.2 Å². The first-order chi connectivity index (χ1) is 19.5. The minimum atomic E-state index is -4.21. The van der Waals surface area contributed by atoms with E-state index in [4.69, 9.17) is 25.7 Å². The number of nitrogens with two attached hydrogens (primary N) is 2. The molecule has 6 N–H and O–H groups in total. The highest BCUT2D eigenvalue weighted by Gasteiger charge is 2.30. The van der Waals surface area contributed by atoms with E-state index in [2.05, 4.69) is 30.4 Å². The number of pyridine rings is 2. The Morgan fingerprint density at radius 3 is 2.39 bits per heavy atom. The van der Waals surface area contributed by atoms with Gasteiger partial charge in [0.1, 0.15) is 11.6 Å². The monoisotopic (exact) mass is 584 g/mol.